The maximum atomic E-state index is 13.0. The smallest absolute Gasteiger partial charge is 0.252 e. The van der Waals surface area contributed by atoms with E-state index in [1.54, 1.807) is 6.07 Å². The van der Waals surface area contributed by atoms with Gasteiger partial charge in [0.05, 0.1) is 11.6 Å². The number of carbonyl (C=O) groups is 1. The summed E-state index contributed by atoms with van der Waals surface area (Å²) < 4.78 is 13.4. The second-order valence-electron chi connectivity index (χ2n) is 4.45. The second kappa shape index (κ2) is 6.05. The quantitative estimate of drug-likeness (QED) is 0.840. The number of benzene rings is 2. The standard InChI is InChI=1S/C15H14BrFN2O/c1-9(11-4-2-3-5-14(11)18)19-15(20)12-7-6-10(17)8-13(12)16/h2-9H,18H2,1H3,(H,19,20). The Labute approximate surface area is 125 Å². The molecule has 5 heteroatoms. The molecule has 2 aromatic rings. The molecular weight excluding hydrogens is 323 g/mol. The summed E-state index contributed by atoms with van der Waals surface area (Å²) in [6.45, 7) is 1.85. The minimum absolute atomic E-state index is 0.236. The van der Waals surface area contributed by atoms with Gasteiger partial charge in [0.25, 0.3) is 5.91 Å². The predicted octanol–water partition coefficient (Wildman–Crippen LogP) is 3.66. The van der Waals surface area contributed by atoms with E-state index in [1.807, 2.05) is 25.1 Å². The Hall–Kier alpha value is -1.88. The monoisotopic (exact) mass is 336 g/mol. The van der Waals surface area contributed by atoms with Crippen molar-refractivity contribution in [3.63, 3.8) is 0 Å². The lowest BCUT2D eigenvalue weighted by molar-refractivity contribution is 0.0939. The Balaban J connectivity index is 2.17. The average Bonchev–Trinajstić information content (AvgIpc) is 2.38. The Kier molecular flexibility index (Phi) is 4.39. The summed E-state index contributed by atoms with van der Waals surface area (Å²) in [6.07, 6.45) is 0. The number of rotatable bonds is 3. The van der Waals surface area contributed by atoms with Gasteiger partial charge in [-0.2, -0.15) is 0 Å². The number of anilines is 1. The van der Waals surface area contributed by atoms with Gasteiger partial charge in [-0.15, -0.1) is 0 Å². The molecule has 1 amide bonds. The first-order valence-corrected chi connectivity index (χ1v) is 6.88. The van der Waals surface area contributed by atoms with Crippen molar-refractivity contribution >= 4 is 27.5 Å². The number of nitrogens with two attached hydrogens (primary N) is 1. The van der Waals surface area contributed by atoms with Crippen LogP contribution in [0.5, 0.6) is 0 Å². The van der Waals surface area contributed by atoms with Gasteiger partial charge in [-0.05, 0) is 52.7 Å². The summed E-state index contributed by atoms with van der Waals surface area (Å²) in [7, 11) is 0. The van der Waals surface area contributed by atoms with Crippen molar-refractivity contribution < 1.29 is 9.18 Å². The number of halogens is 2. The lowest BCUT2D eigenvalue weighted by atomic mass is 10.1. The van der Waals surface area contributed by atoms with E-state index in [2.05, 4.69) is 21.2 Å². The molecule has 3 N–H and O–H groups in total. The molecule has 20 heavy (non-hydrogen) atoms. The highest BCUT2D eigenvalue weighted by atomic mass is 79.9. The minimum atomic E-state index is -0.395. The largest absolute Gasteiger partial charge is 0.398 e. The van der Waals surface area contributed by atoms with Crippen LogP contribution in [0.3, 0.4) is 0 Å². The van der Waals surface area contributed by atoms with E-state index in [-0.39, 0.29) is 11.9 Å². The summed E-state index contributed by atoms with van der Waals surface area (Å²) in [6, 6.07) is 11.1. The van der Waals surface area contributed by atoms with Gasteiger partial charge in [0.15, 0.2) is 0 Å². The number of nitrogens with one attached hydrogen (secondary N) is 1. The molecule has 2 aromatic carbocycles. The van der Waals surface area contributed by atoms with Gasteiger partial charge >= 0.3 is 0 Å². The first-order valence-electron chi connectivity index (χ1n) is 6.09. The molecule has 0 aliphatic carbocycles. The van der Waals surface area contributed by atoms with E-state index in [4.69, 9.17) is 5.73 Å². The number of hydrogen-bond donors (Lipinski definition) is 2. The van der Waals surface area contributed by atoms with Crippen molar-refractivity contribution in [1.29, 1.82) is 0 Å². The summed E-state index contributed by atoms with van der Waals surface area (Å²) in [5, 5.41) is 2.84. The van der Waals surface area contributed by atoms with Gasteiger partial charge in [-0.3, -0.25) is 4.79 Å². The zero-order valence-corrected chi connectivity index (χ0v) is 12.4. The maximum absolute atomic E-state index is 13.0. The summed E-state index contributed by atoms with van der Waals surface area (Å²) in [5.74, 6) is -0.679. The molecule has 104 valence electrons. The van der Waals surface area contributed by atoms with Crippen LogP contribution >= 0.6 is 15.9 Å². The molecule has 0 aliphatic rings. The fraction of sp³-hybridized carbons (Fsp3) is 0.133. The third kappa shape index (κ3) is 3.17. The first kappa shape index (κ1) is 14.5. The van der Waals surface area contributed by atoms with E-state index in [0.29, 0.717) is 15.7 Å². The Morgan fingerprint density at radius 3 is 2.65 bits per heavy atom. The summed E-state index contributed by atoms with van der Waals surface area (Å²) in [4.78, 5) is 12.2. The molecule has 0 radical (unpaired) electrons. The SMILES string of the molecule is CC(NC(=O)c1ccc(F)cc1Br)c1ccccc1N. The van der Waals surface area contributed by atoms with Crippen LogP contribution in [-0.2, 0) is 0 Å². The molecule has 0 heterocycles. The molecule has 0 aromatic heterocycles. The molecule has 0 fully saturated rings. The molecule has 0 saturated heterocycles. The normalized spacial score (nSPS) is 11.9. The van der Waals surface area contributed by atoms with Gasteiger partial charge < -0.3 is 11.1 Å². The van der Waals surface area contributed by atoms with E-state index in [9.17, 15) is 9.18 Å². The van der Waals surface area contributed by atoms with Crippen LogP contribution in [0.25, 0.3) is 0 Å². The van der Waals surface area contributed by atoms with E-state index in [0.717, 1.165) is 5.56 Å². The van der Waals surface area contributed by atoms with Gasteiger partial charge in [0.2, 0.25) is 0 Å². The lowest BCUT2D eigenvalue weighted by Crippen LogP contribution is -2.27. The zero-order valence-electron chi connectivity index (χ0n) is 10.9. The highest BCUT2D eigenvalue weighted by Crippen LogP contribution is 2.22. The predicted molar refractivity (Wildman–Crippen MR) is 80.8 cm³/mol. The molecule has 1 unspecified atom stereocenters. The molecule has 0 aliphatic heterocycles. The fourth-order valence-electron chi connectivity index (χ4n) is 1.93. The number of amides is 1. The topological polar surface area (TPSA) is 55.1 Å². The van der Waals surface area contributed by atoms with E-state index >= 15 is 0 Å². The van der Waals surface area contributed by atoms with Crippen LogP contribution in [0.1, 0.15) is 28.9 Å². The third-order valence-corrected chi connectivity index (χ3v) is 3.64. The Bertz CT molecular complexity index is 646. The highest BCUT2D eigenvalue weighted by molar-refractivity contribution is 9.10. The van der Waals surface area contributed by atoms with E-state index < -0.39 is 5.82 Å². The summed E-state index contributed by atoms with van der Waals surface area (Å²) in [5.41, 5.74) is 7.73. The average molecular weight is 337 g/mol. The van der Waals surface area contributed by atoms with Crippen molar-refractivity contribution in [2.24, 2.45) is 0 Å². The molecule has 0 saturated carbocycles. The van der Waals surface area contributed by atoms with Gasteiger partial charge in [0.1, 0.15) is 5.82 Å². The molecule has 0 bridgehead atoms. The zero-order chi connectivity index (χ0) is 14.7. The Morgan fingerprint density at radius 2 is 2.00 bits per heavy atom. The number of para-hydroxylation sites is 1. The van der Waals surface area contributed by atoms with Crippen LogP contribution in [-0.4, -0.2) is 5.91 Å². The van der Waals surface area contributed by atoms with Crippen molar-refractivity contribution in [1.82, 2.24) is 5.32 Å². The molecular formula is C15H14BrFN2O. The van der Waals surface area contributed by atoms with Crippen LogP contribution in [0.15, 0.2) is 46.9 Å². The Morgan fingerprint density at radius 1 is 1.30 bits per heavy atom. The number of nitrogen functional groups attached to an aromatic ring is 1. The van der Waals surface area contributed by atoms with Crippen molar-refractivity contribution in [3.8, 4) is 0 Å². The van der Waals surface area contributed by atoms with Crippen LogP contribution in [0, 0.1) is 5.82 Å². The van der Waals surface area contributed by atoms with Crippen molar-refractivity contribution in [3.05, 3.63) is 63.9 Å². The fourth-order valence-corrected chi connectivity index (χ4v) is 2.46. The van der Waals surface area contributed by atoms with Crippen molar-refractivity contribution in [2.75, 3.05) is 5.73 Å². The molecule has 2 rings (SSSR count). The lowest BCUT2D eigenvalue weighted by Gasteiger charge is -2.16. The first-order chi connectivity index (χ1) is 9.49. The second-order valence-corrected chi connectivity index (χ2v) is 5.30. The highest BCUT2D eigenvalue weighted by Gasteiger charge is 2.15. The molecule has 0 spiro atoms. The summed E-state index contributed by atoms with van der Waals surface area (Å²) >= 11 is 3.18. The van der Waals surface area contributed by atoms with Gasteiger partial charge in [-0.1, -0.05) is 18.2 Å². The third-order valence-electron chi connectivity index (χ3n) is 2.99. The van der Waals surface area contributed by atoms with Crippen LogP contribution < -0.4 is 11.1 Å². The van der Waals surface area contributed by atoms with Crippen molar-refractivity contribution in [2.45, 2.75) is 13.0 Å². The number of carbonyl (C=O) groups excluding carboxylic acids is 1. The maximum Gasteiger partial charge on any atom is 0.252 e. The molecule has 3 nitrogen and oxygen atoms in total. The minimum Gasteiger partial charge on any atom is -0.398 e. The van der Waals surface area contributed by atoms with Crippen LogP contribution in [0.4, 0.5) is 10.1 Å². The number of hydrogen-bond acceptors (Lipinski definition) is 2. The molecule has 1 atom stereocenters. The van der Waals surface area contributed by atoms with Gasteiger partial charge in [0, 0.05) is 10.2 Å². The van der Waals surface area contributed by atoms with Crippen LogP contribution in [0.2, 0.25) is 0 Å². The van der Waals surface area contributed by atoms with Gasteiger partial charge in [-0.25, -0.2) is 4.39 Å². The van der Waals surface area contributed by atoms with E-state index in [1.165, 1.54) is 18.2 Å².